The van der Waals surface area contributed by atoms with E-state index in [4.69, 9.17) is 4.74 Å². The number of amides is 1. The molecule has 19 heavy (non-hydrogen) atoms. The average Bonchev–Trinajstić information content (AvgIpc) is 2.41. The summed E-state index contributed by atoms with van der Waals surface area (Å²) in [5.41, 5.74) is 1.53. The molecule has 0 atom stereocenters. The van der Waals surface area contributed by atoms with Crippen LogP contribution in [0.5, 0.6) is 5.75 Å². The lowest BCUT2D eigenvalue weighted by Crippen LogP contribution is -2.14. The standard InChI is InChI=1S/C15H14FNO2/c1-10-7-8-13(14(9-10)19-2)17-15(18)11-5-3-4-6-12(11)16/h3-9H,1-2H3,(H,17,18). The van der Waals surface area contributed by atoms with Gasteiger partial charge in [0.25, 0.3) is 5.91 Å². The van der Waals surface area contributed by atoms with E-state index in [0.29, 0.717) is 11.4 Å². The smallest absolute Gasteiger partial charge is 0.258 e. The summed E-state index contributed by atoms with van der Waals surface area (Å²) in [5.74, 6) is -0.504. The van der Waals surface area contributed by atoms with E-state index in [1.165, 1.54) is 19.2 Å². The lowest BCUT2D eigenvalue weighted by molar-refractivity contribution is 0.102. The Bertz CT molecular complexity index is 611. The van der Waals surface area contributed by atoms with Gasteiger partial charge in [-0.05, 0) is 36.8 Å². The van der Waals surface area contributed by atoms with Gasteiger partial charge >= 0.3 is 0 Å². The highest BCUT2D eigenvalue weighted by Crippen LogP contribution is 2.25. The van der Waals surface area contributed by atoms with Crippen molar-refractivity contribution in [3.63, 3.8) is 0 Å². The van der Waals surface area contributed by atoms with E-state index < -0.39 is 11.7 Å². The third-order valence-electron chi connectivity index (χ3n) is 2.72. The molecule has 1 amide bonds. The van der Waals surface area contributed by atoms with Crippen LogP contribution < -0.4 is 10.1 Å². The van der Waals surface area contributed by atoms with Crippen molar-refractivity contribution in [3.8, 4) is 5.75 Å². The lowest BCUT2D eigenvalue weighted by atomic mass is 10.1. The Morgan fingerprint density at radius 1 is 1.21 bits per heavy atom. The number of methoxy groups -OCH3 is 1. The zero-order valence-electron chi connectivity index (χ0n) is 10.7. The summed E-state index contributed by atoms with van der Waals surface area (Å²) in [6, 6.07) is 11.2. The van der Waals surface area contributed by atoms with Crippen molar-refractivity contribution in [2.45, 2.75) is 6.92 Å². The molecule has 0 heterocycles. The van der Waals surface area contributed by atoms with Crippen LogP contribution in [0.25, 0.3) is 0 Å². The van der Waals surface area contributed by atoms with Gasteiger partial charge in [-0.3, -0.25) is 4.79 Å². The molecule has 0 radical (unpaired) electrons. The van der Waals surface area contributed by atoms with Crippen molar-refractivity contribution in [1.29, 1.82) is 0 Å². The second-order valence-electron chi connectivity index (χ2n) is 4.14. The Labute approximate surface area is 111 Å². The first-order valence-electron chi connectivity index (χ1n) is 5.82. The minimum Gasteiger partial charge on any atom is -0.495 e. The highest BCUT2D eigenvalue weighted by Gasteiger charge is 2.13. The number of carbonyl (C=O) groups is 1. The number of anilines is 1. The van der Waals surface area contributed by atoms with Crippen LogP contribution in [0.3, 0.4) is 0 Å². The Hall–Kier alpha value is -2.36. The van der Waals surface area contributed by atoms with Crippen molar-refractivity contribution in [2.24, 2.45) is 0 Å². The molecule has 0 bridgehead atoms. The molecule has 1 N–H and O–H groups in total. The van der Waals surface area contributed by atoms with Gasteiger partial charge in [-0.25, -0.2) is 4.39 Å². The maximum Gasteiger partial charge on any atom is 0.258 e. The van der Waals surface area contributed by atoms with Crippen LogP contribution in [-0.4, -0.2) is 13.0 Å². The molecular formula is C15H14FNO2. The predicted molar refractivity (Wildman–Crippen MR) is 72.1 cm³/mol. The zero-order valence-corrected chi connectivity index (χ0v) is 10.7. The molecule has 98 valence electrons. The van der Waals surface area contributed by atoms with Gasteiger partial charge in [0.05, 0.1) is 18.4 Å². The quantitative estimate of drug-likeness (QED) is 0.917. The van der Waals surface area contributed by atoms with Crippen molar-refractivity contribution >= 4 is 11.6 Å². The van der Waals surface area contributed by atoms with E-state index in [1.807, 2.05) is 13.0 Å². The highest BCUT2D eigenvalue weighted by atomic mass is 19.1. The van der Waals surface area contributed by atoms with E-state index >= 15 is 0 Å². The largest absolute Gasteiger partial charge is 0.495 e. The van der Waals surface area contributed by atoms with E-state index in [1.54, 1.807) is 24.3 Å². The third-order valence-corrected chi connectivity index (χ3v) is 2.72. The van der Waals surface area contributed by atoms with Gasteiger partial charge in [-0.1, -0.05) is 18.2 Å². The average molecular weight is 259 g/mol. The highest BCUT2D eigenvalue weighted by molar-refractivity contribution is 6.05. The minimum absolute atomic E-state index is 0.00475. The summed E-state index contributed by atoms with van der Waals surface area (Å²) >= 11 is 0. The van der Waals surface area contributed by atoms with Crippen molar-refractivity contribution in [3.05, 3.63) is 59.4 Å². The Morgan fingerprint density at radius 2 is 1.95 bits per heavy atom. The number of ether oxygens (including phenoxy) is 1. The number of hydrogen-bond donors (Lipinski definition) is 1. The van der Waals surface area contributed by atoms with Crippen molar-refractivity contribution < 1.29 is 13.9 Å². The van der Waals surface area contributed by atoms with E-state index in [0.717, 1.165) is 5.56 Å². The predicted octanol–water partition coefficient (Wildman–Crippen LogP) is 3.40. The Kier molecular flexibility index (Phi) is 3.80. The van der Waals surface area contributed by atoms with E-state index in [2.05, 4.69) is 5.32 Å². The fourth-order valence-corrected chi connectivity index (χ4v) is 1.74. The Balaban J connectivity index is 2.27. The molecule has 2 aromatic rings. The lowest BCUT2D eigenvalue weighted by Gasteiger charge is -2.11. The molecular weight excluding hydrogens is 245 g/mol. The molecule has 0 aliphatic carbocycles. The molecule has 3 nitrogen and oxygen atoms in total. The SMILES string of the molecule is COc1cc(C)ccc1NC(=O)c1ccccc1F. The molecule has 0 aliphatic rings. The second kappa shape index (κ2) is 5.52. The molecule has 0 aliphatic heterocycles. The fourth-order valence-electron chi connectivity index (χ4n) is 1.74. The van der Waals surface area contributed by atoms with Crippen LogP contribution in [-0.2, 0) is 0 Å². The summed E-state index contributed by atoms with van der Waals surface area (Å²) in [7, 11) is 1.52. The van der Waals surface area contributed by atoms with Crippen LogP contribution in [0.1, 0.15) is 15.9 Å². The molecule has 0 fully saturated rings. The van der Waals surface area contributed by atoms with E-state index in [9.17, 15) is 9.18 Å². The summed E-state index contributed by atoms with van der Waals surface area (Å²) in [6.07, 6.45) is 0. The second-order valence-corrected chi connectivity index (χ2v) is 4.14. The van der Waals surface area contributed by atoms with Gasteiger partial charge < -0.3 is 10.1 Å². The monoisotopic (exact) mass is 259 g/mol. The van der Waals surface area contributed by atoms with Crippen LogP contribution in [0.2, 0.25) is 0 Å². The van der Waals surface area contributed by atoms with Gasteiger partial charge in [0.15, 0.2) is 0 Å². The van der Waals surface area contributed by atoms with Gasteiger partial charge in [0.2, 0.25) is 0 Å². The summed E-state index contributed by atoms with van der Waals surface area (Å²) in [5, 5.41) is 2.64. The molecule has 0 aromatic heterocycles. The number of aryl methyl sites for hydroxylation is 1. The molecule has 0 saturated heterocycles. The first-order chi connectivity index (χ1) is 9.11. The number of nitrogens with one attached hydrogen (secondary N) is 1. The van der Waals surface area contributed by atoms with Gasteiger partial charge in [0.1, 0.15) is 11.6 Å². The van der Waals surface area contributed by atoms with E-state index in [-0.39, 0.29) is 5.56 Å². The molecule has 0 saturated carbocycles. The zero-order chi connectivity index (χ0) is 13.8. The Morgan fingerprint density at radius 3 is 2.63 bits per heavy atom. The van der Waals surface area contributed by atoms with Crippen molar-refractivity contribution in [1.82, 2.24) is 0 Å². The summed E-state index contributed by atoms with van der Waals surface area (Å²) < 4.78 is 18.7. The topological polar surface area (TPSA) is 38.3 Å². The fraction of sp³-hybridized carbons (Fsp3) is 0.133. The van der Waals surface area contributed by atoms with Gasteiger partial charge in [0, 0.05) is 0 Å². The minimum atomic E-state index is -0.550. The number of hydrogen-bond acceptors (Lipinski definition) is 2. The van der Waals surface area contributed by atoms with Crippen LogP contribution >= 0.6 is 0 Å². The molecule has 2 rings (SSSR count). The maximum atomic E-state index is 13.5. The van der Waals surface area contributed by atoms with Crippen LogP contribution in [0.4, 0.5) is 10.1 Å². The first kappa shape index (κ1) is 13.1. The van der Waals surface area contributed by atoms with Crippen LogP contribution in [0, 0.1) is 12.7 Å². The van der Waals surface area contributed by atoms with Crippen LogP contribution in [0.15, 0.2) is 42.5 Å². The number of halogens is 1. The number of rotatable bonds is 3. The number of benzene rings is 2. The first-order valence-corrected chi connectivity index (χ1v) is 5.82. The van der Waals surface area contributed by atoms with Crippen molar-refractivity contribution in [2.75, 3.05) is 12.4 Å². The normalized spacial score (nSPS) is 10.1. The maximum absolute atomic E-state index is 13.5. The summed E-state index contributed by atoms with van der Waals surface area (Å²) in [6.45, 7) is 1.92. The molecule has 4 heteroatoms. The molecule has 0 spiro atoms. The third kappa shape index (κ3) is 2.91. The summed E-state index contributed by atoms with van der Waals surface area (Å²) in [4.78, 5) is 12.0. The molecule has 2 aromatic carbocycles. The van der Waals surface area contributed by atoms with Gasteiger partial charge in [-0.2, -0.15) is 0 Å². The number of carbonyl (C=O) groups excluding carboxylic acids is 1. The van der Waals surface area contributed by atoms with Gasteiger partial charge in [-0.15, -0.1) is 0 Å². The molecule has 0 unspecified atom stereocenters.